The molecule has 1 saturated carbocycles. The van der Waals surface area contributed by atoms with Crippen LogP contribution in [0.1, 0.15) is 23.3 Å². The van der Waals surface area contributed by atoms with E-state index in [9.17, 15) is 9.18 Å². The third-order valence-electron chi connectivity index (χ3n) is 3.34. The Balaban J connectivity index is 1.96. The number of carbonyl (C=O) groups excluding carboxylic acids is 1. The molecule has 21 heavy (non-hydrogen) atoms. The van der Waals surface area contributed by atoms with E-state index < -0.39 is 0 Å². The van der Waals surface area contributed by atoms with Crippen LogP contribution < -0.4 is 10.1 Å². The fourth-order valence-electron chi connectivity index (χ4n) is 2.04. The fourth-order valence-corrected chi connectivity index (χ4v) is 2.04. The number of amides is 1. The molecule has 3 rings (SSSR count). The Hall–Kier alpha value is -2.43. The van der Waals surface area contributed by atoms with Gasteiger partial charge in [-0.25, -0.2) is 9.37 Å². The van der Waals surface area contributed by atoms with Crippen LogP contribution in [0, 0.1) is 5.82 Å². The lowest BCUT2D eigenvalue weighted by molar-refractivity contribution is 0.0946. The van der Waals surface area contributed by atoms with Crippen molar-refractivity contribution in [2.75, 3.05) is 7.11 Å². The van der Waals surface area contributed by atoms with Crippen LogP contribution in [0.15, 0.2) is 36.4 Å². The minimum atomic E-state index is -0.319. The van der Waals surface area contributed by atoms with Crippen LogP contribution in [-0.4, -0.2) is 24.0 Å². The molecule has 1 aliphatic rings. The van der Waals surface area contributed by atoms with E-state index in [0.29, 0.717) is 22.7 Å². The first-order chi connectivity index (χ1) is 10.2. The Morgan fingerprint density at radius 1 is 1.24 bits per heavy atom. The lowest BCUT2D eigenvalue weighted by atomic mass is 10.1. The van der Waals surface area contributed by atoms with Gasteiger partial charge < -0.3 is 10.1 Å². The van der Waals surface area contributed by atoms with E-state index in [2.05, 4.69) is 10.3 Å². The number of methoxy groups -OCH3 is 1. The SMILES string of the molecule is COc1ccc(C(=O)NC2CC2)nc1-c1ccc(F)cc1. The molecule has 0 unspecified atom stereocenters. The number of hydrogen-bond donors (Lipinski definition) is 1. The first kappa shape index (κ1) is 13.5. The fraction of sp³-hybridized carbons (Fsp3) is 0.250. The number of nitrogens with one attached hydrogen (secondary N) is 1. The Morgan fingerprint density at radius 2 is 1.95 bits per heavy atom. The number of hydrogen-bond acceptors (Lipinski definition) is 3. The highest BCUT2D eigenvalue weighted by Gasteiger charge is 2.24. The van der Waals surface area contributed by atoms with Crippen LogP contribution in [0.4, 0.5) is 4.39 Å². The quantitative estimate of drug-likeness (QED) is 0.940. The number of pyridine rings is 1. The standard InChI is InChI=1S/C16H15FN2O2/c1-21-14-9-8-13(16(20)18-12-6-7-12)19-15(14)10-2-4-11(17)5-3-10/h2-5,8-9,12H,6-7H2,1H3,(H,18,20). The summed E-state index contributed by atoms with van der Waals surface area (Å²) in [6, 6.07) is 9.54. The van der Waals surface area contributed by atoms with Crippen molar-refractivity contribution < 1.29 is 13.9 Å². The molecule has 2 aromatic rings. The van der Waals surface area contributed by atoms with Crippen molar-refractivity contribution in [3.63, 3.8) is 0 Å². The molecule has 0 saturated heterocycles. The second-order valence-corrected chi connectivity index (χ2v) is 5.00. The van der Waals surface area contributed by atoms with E-state index in [1.807, 2.05) is 0 Å². The molecule has 1 heterocycles. The number of benzene rings is 1. The third kappa shape index (κ3) is 3.02. The number of rotatable bonds is 4. The maximum absolute atomic E-state index is 13.0. The highest BCUT2D eigenvalue weighted by molar-refractivity contribution is 5.93. The van der Waals surface area contributed by atoms with Crippen molar-refractivity contribution in [2.45, 2.75) is 18.9 Å². The average molecular weight is 286 g/mol. The maximum atomic E-state index is 13.0. The van der Waals surface area contributed by atoms with Gasteiger partial charge in [-0.15, -0.1) is 0 Å². The molecule has 0 bridgehead atoms. The summed E-state index contributed by atoms with van der Waals surface area (Å²) in [4.78, 5) is 16.4. The molecule has 1 aliphatic carbocycles. The molecule has 0 atom stereocenters. The monoisotopic (exact) mass is 286 g/mol. The molecule has 0 aliphatic heterocycles. The smallest absolute Gasteiger partial charge is 0.270 e. The van der Waals surface area contributed by atoms with Crippen LogP contribution in [0.2, 0.25) is 0 Å². The van der Waals surface area contributed by atoms with Gasteiger partial charge in [0.1, 0.15) is 23.0 Å². The molecule has 5 heteroatoms. The van der Waals surface area contributed by atoms with Crippen molar-refractivity contribution >= 4 is 5.91 Å². The van der Waals surface area contributed by atoms with E-state index in [0.717, 1.165) is 12.8 Å². The van der Waals surface area contributed by atoms with Gasteiger partial charge in [0.15, 0.2) is 0 Å². The zero-order valence-corrected chi connectivity index (χ0v) is 11.6. The first-order valence-corrected chi connectivity index (χ1v) is 6.79. The molecule has 0 radical (unpaired) electrons. The Kier molecular flexibility index (Phi) is 3.56. The van der Waals surface area contributed by atoms with E-state index >= 15 is 0 Å². The molecule has 1 amide bonds. The van der Waals surface area contributed by atoms with Crippen LogP contribution >= 0.6 is 0 Å². The van der Waals surface area contributed by atoms with Gasteiger partial charge >= 0.3 is 0 Å². The largest absolute Gasteiger partial charge is 0.494 e. The lowest BCUT2D eigenvalue weighted by Crippen LogP contribution is -2.26. The minimum absolute atomic E-state index is 0.191. The van der Waals surface area contributed by atoms with Crippen molar-refractivity contribution in [3.05, 3.63) is 47.9 Å². The highest BCUT2D eigenvalue weighted by Crippen LogP contribution is 2.28. The molecular formula is C16H15FN2O2. The predicted molar refractivity (Wildman–Crippen MR) is 76.7 cm³/mol. The molecular weight excluding hydrogens is 271 g/mol. The van der Waals surface area contributed by atoms with Crippen molar-refractivity contribution in [3.8, 4) is 17.0 Å². The normalized spacial score (nSPS) is 13.8. The van der Waals surface area contributed by atoms with E-state index in [1.165, 1.54) is 19.2 Å². The lowest BCUT2D eigenvalue weighted by Gasteiger charge is -2.10. The molecule has 0 spiro atoms. The number of carbonyl (C=O) groups is 1. The molecule has 1 N–H and O–H groups in total. The van der Waals surface area contributed by atoms with Crippen LogP contribution in [-0.2, 0) is 0 Å². The summed E-state index contributed by atoms with van der Waals surface area (Å²) in [7, 11) is 1.54. The van der Waals surface area contributed by atoms with Gasteiger partial charge in [-0.1, -0.05) is 0 Å². The number of aromatic nitrogens is 1. The van der Waals surface area contributed by atoms with Gasteiger partial charge in [0.2, 0.25) is 0 Å². The summed E-state index contributed by atoms with van der Waals surface area (Å²) in [5.41, 5.74) is 1.57. The van der Waals surface area contributed by atoms with Gasteiger partial charge in [-0.05, 0) is 49.2 Å². The molecule has 4 nitrogen and oxygen atoms in total. The summed E-state index contributed by atoms with van der Waals surface area (Å²) in [6.45, 7) is 0. The third-order valence-corrected chi connectivity index (χ3v) is 3.34. The first-order valence-electron chi connectivity index (χ1n) is 6.79. The zero-order chi connectivity index (χ0) is 14.8. The molecule has 1 fully saturated rings. The van der Waals surface area contributed by atoms with Crippen LogP contribution in [0.3, 0.4) is 0 Å². The van der Waals surface area contributed by atoms with Gasteiger partial charge in [-0.2, -0.15) is 0 Å². The van der Waals surface area contributed by atoms with Gasteiger partial charge in [0.05, 0.1) is 7.11 Å². The van der Waals surface area contributed by atoms with Crippen LogP contribution in [0.25, 0.3) is 11.3 Å². The Bertz CT molecular complexity index is 666. The maximum Gasteiger partial charge on any atom is 0.270 e. The Labute approximate surface area is 122 Å². The van der Waals surface area contributed by atoms with Crippen LogP contribution in [0.5, 0.6) is 5.75 Å². The molecule has 1 aromatic heterocycles. The van der Waals surface area contributed by atoms with Gasteiger partial charge in [0, 0.05) is 11.6 Å². The minimum Gasteiger partial charge on any atom is -0.494 e. The van der Waals surface area contributed by atoms with E-state index in [4.69, 9.17) is 4.74 Å². The molecule has 108 valence electrons. The summed E-state index contributed by atoms with van der Waals surface area (Å²) in [5, 5.41) is 2.89. The number of ether oxygens (including phenoxy) is 1. The Morgan fingerprint density at radius 3 is 2.57 bits per heavy atom. The predicted octanol–water partition coefficient (Wildman–Crippen LogP) is 2.79. The summed E-state index contributed by atoms with van der Waals surface area (Å²) < 4.78 is 18.3. The highest BCUT2D eigenvalue weighted by atomic mass is 19.1. The zero-order valence-electron chi connectivity index (χ0n) is 11.6. The summed E-state index contributed by atoms with van der Waals surface area (Å²) in [6.07, 6.45) is 2.04. The van der Waals surface area contributed by atoms with Crippen molar-refractivity contribution in [1.29, 1.82) is 0 Å². The second kappa shape index (κ2) is 5.52. The average Bonchev–Trinajstić information content (AvgIpc) is 3.31. The van der Waals surface area contributed by atoms with E-state index in [-0.39, 0.29) is 17.8 Å². The van der Waals surface area contributed by atoms with E-state index in [1.54, 1.807) is 24.3 Å². The van der Waals surface area contributed by atoms with Crippen molar-refractivity contribution in [2.24, 2.45) is 0 Å². The number of halogens is 1. The molecule has 1 aromatic carbocycles. The number of nitrogens with zero attached hydrogens (tertiary/aromatic N) is 1. The van der Waals surface area contributed by atoms with Gasteiger partial charge in [-0.3, -0.25) is 4.79 Å². The topological polar surface area (TPSA) is 51.2 Å². The summed E-state index contributed by atoms with van der Waals surface area (Å²) in [5.74, 6) is 0.0356. The van der Waals surface area contributed by atoms with Crippen molar-refractivity contribution in [1.82, 2.24) is 10.3 Å². The summed E-state index contributed by atoms with van der Waals surface area (Å²) >= 11 is 0. The second-order valence-electron chi connectivity index (χ2n) is 5.00. The van der Waals surface area contributed by atoms with Gasteiger partial charge in [0.25, 0.3) is 5.91 Å².